The molecule has 2 amide bonds. The molecule has 0 aliphatic heterocycles. The fourth-order valence-corrected chi connectivity index (χ4v) is 9.78. The van der Waals surface area contributed by atoms with E-state index in [-0.39, 0.29) is 68.9 Å². The second-order valence-corrected chi connectivity index (χ2v) is 16.1. The van der Waals surface area contributed by atoms with E-state index < -0.39 is 46.1 Å². The number of hydrogen-bond acceptors (Lipinski definition) is 10. The van der Waals surface area contributed by atoms with Crippen LogP contribution in [0, 0.1) is 0 Å². The summed E-state index contributed by atoms with van der Waals surface area (Å²) in [5, 5.41) is 10.1. The van der Waals surface area contributed by atoms with Crippen molar-refractivity contribution in [1.29, 1.82) is 0 Å². The summed E-state index contributed by atoms with van der Waals surface area (Å²) >= 11 is -0.142. The first-order valence-electron chi connectivity index (χ1n) is 9.76. The molecular formula is C18H22As2N4NaO10S2+. The summed E-state index contributed by atoms with van der Waals surface area (Å²) in [6.45, 7) is -1.53. The van der Waals surface area contributed by atoms with Crippen LogP contribution in [0.1, 0.15) is 0 Å². The molecule has 0 spiro atoms. The number of amides is 2. The number of carbonyl (C=O) groups excluding carboxylic acids is 2. The van der Waals surface area contributed by atoms with E-state index in [0.717, 1.165) is 0 Å². The maximum absolute atomic E-state index is 11.6. The molecule has 0 bridgehead atoms. The number of rotatable bonds is 14. The Morgan fingerprint density at radius 3 is 1.30 bits per heavy atom. The number of anilines is 2. The molecule has 2 aromatic carbocycles. The third kappa shape index (κ3) is 16.4. The third-order valence-corrected chi connectivity index (χ3v) is 13.3. The van der Waals surface area contributed by atoms with Crippen LogP contribution in [0.15, 0.2) is 48.5 Å². The van der Waals surface area contributed by atoms with E-state index in [0.29, 0.717) is 11.4 Å². The topological polar surface area (TPSA) is 209 Å². The van der Waals surface area contributed by atoms with Gasteiger partial charge in [-0.1, -0.05) is 0 Å². The Kier molecular flexibility index (Phi) is 15.3. The summed E-state index contributed by atoms with van der Waals surface area (Å²) in [6.07, 6.45) is 0. The van der Waals surface area contributed by atoms with Gasteiger partial charge < -0.3 is 0 Å². The van der Waals surface area contributed by atoms with Crippen LogP contribution in [0.4, 0.5) is 11.4 Å². The van der Waals surface area contributed by atoms with E-state index in [4.69, 9.17) is 9.11 Å². The molecule has 0 radical (unpaired) electrons. The molecule has 37 heavy (non-hydrogen) atoms. The van der Waals surface area contributed by atoms with Crippen molar-refractivity contribution in [2.75, 3.05) is 37.2 Å². The zero-order valence-corrected chi connectivity index (χ0v) is 26.7. The molecule has 0 fully saturated rings. The fourth-order valence-electron chi connectivity index (χ4n) is 2.27. The first-order chi connectivity index (χ1) is 16.9. The molecule has 19 heteroatoms. The second-order valence-electron chi connectivity index (χ2n) is 6.58. The van der Waals surface area contributed by atoms with E-state index in [2.05, 4.69) is 29.6 Å². The summed E-state index contributed by atoms with van der Waals surface area (Å²) in [7, 11) is -9.21. The van der Waals surface area contributed by atoms with Crippen molar-refractivity contribution in [3.63, 3.8) is 0 Å². The van der Waals surface area contributed by atoms with Gasteiger partial charge in [0.15, 0.2) is 0 Å². The predicted molar refractivity (Wildman–Crippen MR) is 132 cm³/mol. The first kappa shape index (κ1) is 33.9. The standard InChI is InChI=1S/C18H22As2N4O10S2.Na/c25-17(23-11-33-35(27,28)29)9-21-15-5-1-13(2-6-15)19-20-14-3-7-16(8-4-14)22-10-18(26)24-12-34-36(30,31)32;/h1-8,21-22H,9-12H2,(H,23,25)(H,24,26)(H,27,28,29)(H,30,31,32);/q;+1. The SMILES string of the molecule is O=C(CNc1ccc([As]=[As]c2ccc(NCC(=O)NCOS(=O)(=O)O)cc2)cc1)NCOS(=O)(=O)O.[Na+]. The molecule has 0 aromatic heterocycles. The molecule has 0 unspecified atom stereocenters. The molecule has 0 aliphatic carbocycles. The minimum absolute atomic E-state index is 0. The first-order valence-corrected chi connectivity index (χ1v) is 19.6. The van der Waals surface area contributed by atoms with Gasteiger partial charge in [-0.05, 0) is 0 Å². The van der Waals surface area contributed by atoms with Gasteiger partial charge in [0.2, 0.25) is 0 Å². The molecule has 196 valence electrons. The van der Waals surface area contributed by atoms with Crippen molar-refractivity contribution < 1.29 is 73.5 Å². The molecule has 0 saturated carbocycles. The average Bonchev–Trinajstić information content (AvgIpc) is 2.80. The molecular weight excluding hydrogens is 669 g/mol. The Morgan fingerprint density at radius 2 is 1.00 bits per heavy atom. The smallest absolute Gasteiger partial charge is 1.00 e. The van der Waals surface area contributed by atoms with Crippen molar-refractivity contribution in [3.8, 4) is 0 Å². The second kappa shape index (κ2) is 16.7. The van der Waals surface area contributed by atoms with E-state index >= 15 is 0 Å². The van der Waals surface area contributed by atoms with Gasteiger partial charge in [0.25, 0.3) is 0 Å². The molecule has 14 nitrogen and oxygen atoms in total. The molecule has 0 saturated heterocycles. The van der Waals surface area contributed by atoms with Crippen molar-refractivity contribution in [3.05, 3.63) is 48.5 Å². The number of benzene rings is 2. The summed E-state index contributed by atoms with van der Waals surface area (Å²) in [5.74, 6) is -1.02. The van der Waals surface area contributed by atoms with Crippen molar-refractivity contribution >= 4 is 79.0 Å². The zero-order chi connectivity index (χ0) is 26.6. The van der Waals surface area contributed by atoms with E-state index in [9.17, 15) is 26.4 Å². The van der Waals surface area contributed by atoms with E-state index in [1.54, 1.807) is 0 Å². The van der Waals surface area contributed by atoms with E-state index in [1.807, 2.05) is 48.5 Å². The van der Waals surface area contributed by atoms with Crippen molar-refractivity contribution in [2.45, 2.75) is 0 Å². The van der Waals surface area contributed by atoms with Crippen LogP contribution in [-0.4, -0.2) is 90.6 Å². The third-order valence-electron chi connectivity index (χ3n) is 3.88. The summed E-state index contributed by atoms with van der Waals surface area (Å²) in [6, 6.07) is 15.2. The van der Waals surface area contributed by atoms with Crippen LogP contribution in [0.2, 0.25) is 0 Å². The minimum Gasteiger partial charge on any atom is 1.00 e. The van der Waals surface area contributed by atoms with Crippen LogP contribution in [0.25, 0.3) is 0 Å². The van der Waals surface area contributed by atoms with Gasteiger partial charge in [-0.3, -0.25) is 0 Å². The number of hydrogen-bond donors (Lipinski definition) is 6. The average molecular weight is 691 g/mol. The Balaban J connectivity index is 0.00000684. The van der Waals surface area contributed by atoms with Gasteiger partial charge >= 0.3 is 249 Å². The van der Waals surface area contributed by atoms with Gasteiger partial charge in [0.1, 0.15) is 0 Å². The quantitative estimate of drug-likeness (QED) is 0.0624. The summed E-state index contributed by atoms with van der Waals surface area (Å²) in [5.41, 5.74) is 1.43. The molecule has 0 aliphatic rings. The van der Waals surface area contributed by atoms with Gasteiger partial charge in [-0.15, -0.1) is 0 Å². The Morgan fingerprint density at radius 1 is 0.676 bits per heavy atom. The molecule has 0 heterocycles. The van der Waals surface area contributed by atoms with Gasteiger partial charge in [0.05, 0.1) is 0 Å². The molecule has 0 atom stereocenters. The Bertz CT molecular complexity index is 1180. The number of nitrogens with one attached hydrogen (secondary N) is 4. The zero-order valence-electron chi connectivity index (χ0n) is 19.3. The summed E-state index contributed by atoms with van der Waals surface area (Å²) in [4.78, 5) is 23.2. The van der Waals surface area contributed by atoms with E-state index in [1.165, 1.54) is 8.70 Å². The molecule has 2 rings (SSSR count). The van der Waals surface area contributed by atoms with Gasteiger partial charge in [0, 0.05) is 0 Å². The van der Waals surface area contributed by atoms with Gasteiger partial charge in [-0.2, -0.15) is 0 Å². The normalized spacial score (nSPS) is 11.4. The Hall–Kier alpha value is -1.16. The minimum atomic E-state index is -4.61. The monoisotopic (exact) mass is 691 g/mol. The van der Waals surface area contributed by atoms with Crippen LogP contribution in [-0.2, 0) is 38.8 Å². The predicted octanol–water partition coefficient (Wildman–Crippen LogP) is -5.43. The van der Waals surface area contributed by atoms with Crippen LogP contribution >= 0.6 is 0 Å². The van der Waals surface area contributed by atoms with Crippen molar-refractivity contribution in [2.24, 2.45) is 0 Å². The molecule has 2 aromatic rings. The fraction of sp³-hybridized carbons (Fsp3) is 0.222. The maximum atomic E-state index is 11.6. The van der Waals surface area contributed by atoms with Crippen molar-refractivity contribution in [1.82, 2.24) is 10.6 Å². The van der Waals surface area contributed by atoms with Gasteiger partial charge in [-0.25, -0.2) is 0 Å². The summed E-state index contributed by atoms with van der Waals surface area (Å²) < 4.78 is 68.9. The van der Waals surface area contributed by atoms with Crippen LogP contribution in [0.5, 0.6) is 0 Å². The van der Waals surface area contributed by atoms with Crippen LogP contribution in [0.3, 0.4) is 0 Å². The number of carbonyl (C=O) groups is 2. The van der Waals surface area contributed by atoms with Crippen LogP contribution < -0.4 is 59.5 Å². The molecule has 6 N–H and O–H groups in total. The Labute approximate surface area is 246 Å².